The monoisotopic (exact) mass is 415 g/mol. The van der Waals surface area contributed by atoms with Gasteiger partial charge in [0, 0.05) is 36.9 Å². The van der Waals surface area contributed by atoms with Gasteiger partial charge in [-0.2, -0.15) is 0 Å². The SMILES string of the molecule is COc1ccc(C(O)=C2C(=O)C(=O)N(Cc3cccnc3)[C@@H]2c2ccncc2)c(C)c1. The molecule has 0 saturated carbocycles. The van der Waals surface area contributed by atoms with E-state index < -0.39 is 17.7 Å². The fourth-order valence-corrected chi connectivity index (χ4v) is 3.80. The molecule has 4 rings (SSSR count). The summed E-state index contributed by atoms with van der Waals surface area (Å²) in [6.07, 6.45) is 6.48. The van der Waals surface area contributed by atoms with Crippen molar-refractivity contribution in [3.05, 3.63) is 95.1 Å². The summed E-state index contributed by atoms with van der Waals surface area (Å²) in [5.41, 5.74) is 2.71. The number of aliphatic hydroxyl groups is 1. The molecule has 3 heterocycles. The zero-order valence-corrected chi connectivity index (χ0v) is 17.1. The second-order valence-corrected chi connectivity index (χ2v) is 7.25. The molecule has 1 aromatic carbocycles. The second kappa shape index (κ2) is 8.39. The standard InChI is InChI=1S/C24H21N3O4/c1-15-12-18(31-2)5-6-19(15)22(28)20-21(17-7-10-25-11-8-17)27(24(30)23(20)29)14-16-4-3-9-26-13-16/h3-13,21,28H,14H2,1-2H3/t21-/m1/s1. The minimum atomic E-state index is -0.746. The molecule has 1 aliphatic rings. The summed E-state index contributed by atoms with van der Waals surface area (Å²) in [7, 11) is 1.56. The van der Waals surface area contributed by atoms with Gasteiger partial charge in [0.1, 0.15) is 11.5 Å². The molecule has 0 radical (unpaired) electrons. The Morgan fingerprint density at radius 2 is 1.87 bits per heavy atom. The Kier molecular flexibility index (Phi) is 5.49. The van der Waals surface area contributed by atoms with Crippen LogP contribution in [0.4, 0.5) is 0 Å². The molecule has 1 N–H and O–H groups in total. The van der Waals surface area contributed by atoms with Crippen LogP contribution in [0.25, 0.3) is 5.76 Å². The number of ether oxygens (including phenoxy) is 1. The van der Waals surface area contributed by atoms with Gasteiger partial charge in [-0.05, 0) is 60.0 Å². The number of aryl methyl sites for hydroxylation is 1. The van der Waals surface area contributed by atoms with Gasteiger partial charge in [-0.15, -0.1) is 0 Å². The molecule has 31 heavy (non-hydrogen) atoms. The molecule has 1 saturated heterocycles. The molecule has 0 spiro atoms. The van der Waals surface area contributed by atoms with Gasteiger partial charge in [0.2, 0.25) is 0 Å². The van der Waals surface area contributed by atoms with Crippen molar-refractivity contribution in [3.8, 4) is 5.75 Å². The molecule has 0 bridgehead atoms. The number of likely N-dealkylation sites (tertiary alicyclic amines) is 1. The van der Waals surface area contributed by atoms with E-state index in [0.717, 1.165) is 11.1 Å². The Morgan fingerprint density at radius 1 is 1.10 bits per heavy atom. The molecule has 1 atom stereocenters. The number of amides is 1. The normalized spacial score (nSPS) is 17.7. The summed E-state index contributed by atoms with van der Waals surface area (Å²) in [5, 5.41) is 11.2. The number of benzene rings is 1. The lowest BCUT2D eigenvalue weighted by atomic mass is 9.94. The number of Topliss-reactive ketones (excluding diaryl/α,β-unsaturated/α-hetero) is 1. The number of nitrogens with zero attached hydrogens (tertiary/aromatic N) is 3. The summed E-state index contributed by atoms with van der Waals surface area (Å²) in [4.78, 5) is 35.7. The van der Waals surface area contributed by atoms with Crippen LogP contribution in [0, 0.1) is 6.92 Å². The Morgan fingerprint density at radius 3 is 2.52 bits per heavy atom. The van der Waals surface area contributed by atoms with Crippen molar-refractivity contribution in [2.24, 2.45) is 0 Å². The number of methoxy groups -OCH3 is 1. The lowest BCUT2D eigenvalue weighted by molar-refractivity contribution is -0.140. The predicted molar refractivity (Wildman–Crippen MR) is 114 cm³/mol. The smallest absolute Gasteiger partial charge is 0.295 e. The van der Waals surface area contributed by atoms with Crippen molar-refractivity contribution >= 4 is 17.4 Å². The summed E-state index contributed by atoms with van der Waals surface area (Å²) >= 11 is 0. The van der Waals surface area contributed by atoms with Gasteiger partial charge >= 0.3 is 0 Å². The van der Waals surface area contributed by atoms with E-state index in [1.807, 2.05) is 13.0 Å². The van der Waals surface area contributed by atoms with E-state index in [4.69, 9.17) is 4.74 Å². The first kappa shape index (κ1) is 20.3. The number of rotatable bonds is 5. The van der Waals surface area contributed by atoms with Crippen molar-refractivity contribution in [3.63, 3.8) is 0 Å². The Labute approximate surface area is 179 Å². The first-order chi connectivity index (χ1) is 15.0. The van der Waals surface area contributed by atoms with E-state index in [9.17, 15) is 14.7 Å². The number of aliphatic hydroxyl groups excluding tert-OH is 1. The van der Waals surface area contributed by atoms with E-state index in [-0.39, 0.29) is 17.9 Å². The fourth-order valence-electron chi connectivity index (χ4n) is 3.80. The molecule has 156 valence electrons. The van der Waals surface area contributed by atoms with Gasteiger partial charge in [0.15, 0.2) is 0 Å². The highest BCUT2D eigenvalue weighted by Gasteiger charge is 2.46. The van der Waals surface area contributed by atoms with Gasteiger partial charge in [-0.25, -0.2) is 0 Å². The van der Waals surface area contributed by atoms with Crippen LogP contribution in [0.1, 0.15) is 28.3 Å². The molecular weight excluding hydrogens is 394 g/mol. The summed E-state index contributed by atoms with van der Waals surface area (Å²) in [5.74, 6) is -0.970. The molecule has 1 aliphatic heterocycles. The Bertz CT molecular complexity index is 1160. The van der Waals surface area contributed by atoms with E-state index in [1.165, 1.54) is 4.90 Å². The van der Waals surface area contributed by atoms with Crippen LogP contribution in [0.5, 0.6) is 5.75 Å². The molecule has 0 aliphatic carbocycles. The molecule has 7 nitrogen and oxygen atoms in total. The van der Waals surface area contributed by atoms with Crippen molar-refractivity contribution in [1.29, 1.82) is 0 Å². The molecule has 1 amide bonds. The van der Waals surface area contributed by atoms with Crippen molar-refractivity contribution in [2.45, 2.75) is 19.5 Å². The van der Waals surface area contributed by atoms with Crippen LogP contribution in [0.2, 0.25) is 0 Å². The zero-order valence-electron chi connectivity index (χ0n) is 17.1. The highest BCUT2D eigenvalue weighted by atomic mass is 16.5. The third kappa shape index (κ3) is 3.77. The molecule has 7 heteroatoms. The lowest BCUT2D eigenvalue weighted by Gasteiger charge is -2.25. The first-order valence-electron chi connectivity index (χ1n) is 9.73. The predicted octanol–water partition coefficient (Wildman–Crippen LogP) is 3.42. The highest BCUT2D eigenvalue weighted by molar-refractivity contribution is 6.46. The van der Waals surface area contributed by atoms with Gasteiger partial charge < -0.3 is 14.7 Å². The van der Waals surface area contributed by atoms with Gasteiger partial charge in [0.25, 0.3) is 11.7 Å². The van der Waals surface area contributed by atoms with Gasteiger partial charge in [0.05, 0.1) is 18.7 Å². The molecule has 2 aromatic heterocycles. The van der Waals surface area contributed by atoms with E-state index >= 15 is 0 Å². The molecule has 1 fully saturated rings. The number of hydrogen-bond acceptors (Lipinski definition) is 6. The minimum absolute atomic E-state index is 0.0494. The largest absolute Gasteiger partial charge is 0.507 e. The Balaban J connectivity index is 1.86. The summed E-state index contributed by atoms with van der Waals surface area (Å²) < 4.78 is 5.23. The Hall–Kier alpha value is -4.00. The molecule has 0 unspecified atom stereocenters. The first-order valence-corrected chi connectivity index (χ1v) is 9.73. The van der Waals surface area contributed by atoms with Crippen LogP contribution in [0.15, 0.2) is 72.8 Å². The maximum absolute atomic E-state index is 13.1. The second-order valence-electron chi connectivity index (χ2n) is 7.25. The van der Waals surface area contributed by atoms with Crippen molar-refractivity contribution in [2.75, 3.05) is 7.11 Å². The zero-order chi connectivity index (χ0) is 22.0. The van der Waals surface area contributed by atoms with E-state index in [2.05, 4.69) is 9.97 Å². The minimum Gasteiger partial charge on any atom is -0.507 e. The third-order valence-corrected chi connectivity index (χ3v) is 5.33. The maximum Gasteiger partial charge on any atom is 0.295 e. The average molecular weight is 415 g/mol. The number of hydrogen-bond donors (Lipinski definition) is 1. The average Bonchev–Trinajstić information content (AvgIpc) is 3.04. The van der Waals surface area contributed by atoms with Crippen LogP contribution >= 0.6 is 0 Å². The fraction of sp³-hybridized carbons (Fsp3) is 0.167. The quantitative estimate of drug-likeness (QED) is 0.390. The van der Waals surface area contributed by atoms with Crippen LogP contribution in [0.3, 0.4) is 0 Å². The van der Waals surface area contributed by atoms with Gasteiger partial charge in [-0.3, -0.25) is 19.6 Å². The summed E-state index contributed by atoms with van der Waals surface area (Å²) in [6.45, 7) is 1.99. The lowest BCUT2D eigenvalue weighted by Crippen LogP contribution is -2.29. The van der Waals surface area contributed by atoms with Crippen molar-refractivity contribution in [1.82, 2.24) is 14.9 Å². The van der Waals surface area contributed by atoms with E-state index in [0.29, 0.717) is 16.9 Å². The van der Waals surface area contributed by atoms with Crippen LogP contribution in [-0.4, -0.2) is 38.8 Å². The maximum atomic E-state index is 13.1. The van der Waals surface area contributed by atoms with Gasteiger partial charge in [-0.1, -0.05) is 6.07 Å². The number of ketones is 1. The summed E-state index contributed by atoms with van der Waals surface area (Å²) in [6, 6.07) is 11.5. The number of pyridine rings is 2. The molecule has 3 aromatic rings. The number of aromatic nitrogens is 2. The molecular formula is C24H21N3O4. The van der Waals surface area contributed by atoms with Crippen LogP contribution in [-0.2, 0) is 16.1 Å². The topological polar surface area (TPSA) is 92.6 Å². The third-order valence-electron chi connectivity index (χ3n) is 5.33. The van der Waals surface area contributed by atoms with E-state index in [1.54, 1.807) is 68.3 Å². The van der Waals surface area contributed by atoms with Crippen LogP contribution < -0.4 is 4.74 Å². The number of carbonyl (C=O) groups excluding carboxylic acids is 2. The highest BCUT2D eigenvalue weighted by Crippen LogP contribution is 2.40. The number of carbonyl (C=O) groups is 2. The van der Waals surface area contributed by atoms with Crippen molar-refractivity contribution < 1.29 is 19.4 Å².